The van der Waals surface area contributed by atoms with Crippen LogP contribution in [-0.4, -0.2) is 28.3 Å². The summed E-state index contributed by atoms with van der Waals surface area (Å²) in [5, 5.41) is 10.9. The average molecular weight is 431 g/mol. The maximum absolute atomic E-state index is 5.34. The molecule has 0 saturated heterocycles. The lowest BCUT2D eigenvalue weighted by Crippen LogP contribution is -2.42. The number of aliphatic imine (C=N–C) groups is 1. The van der Waals surface area contributed by atoms with Crippen LogP contribution in [0.5, 0.6) is 0 Å². The van der Waals surface area contributed by atoms with Gasteiger partial charge in [0.1, 0.15) is 5.76 Å². The van der Waals surface area contributed by atoms with Gasteiger partial charge in [-0.15, -0.1) is 24.0 Å². The minimum Gasteiger partial charge on any atom is -0.469 e. The third-order valence-corrected chi connectivity index (χ3v) is 3.56. The largest absolute Gasteiger partial charge is 0.469 e. The highest BCUT2D eigenvalue weighted by molar-refractivity contribution is 14.0. The van der Waals surface area contributed by atoms with Crippen molar-refractivity contribution in [1.29, 1.82) is 0 Å². The maximum atomic E-state index is 5.34. The minimum absolute atomic E-state index is 0. The van der Waals surface area contributed by atoms with Crippen LogP contribution in [0.3, 0.4) is 0 Å². The Kier molecular flexibility index (Phi) is 8.75. The standard InChI is InChI=1S/C16H25N5O.HI/c1-4-13(2)20-16(17-9-8-15-6-5-11-22-15)18-12-14-7-10-19-21(14)3;/h5-7,10-11,13H,4,8-9,12H2,1-3H3,(H2,17,18,20);1H. The van der Waals surface area contributed by atoms with E-state index in [1.807, 2.05) is 29.9 Å². The van der Waals surface area contributed by atoms with E-state index in [0.717, 1.165) is 36.8 Å². The second kappa shape index (κ2) is 10.3. The molecule has 1 unspecified atom stereocenters. The smallest absolute Gasteiger partial charge is 0.191 e. The van der Waals surface area contributed by atoms with Crippen molar-refractivity contribution in [3.8, 4) is 0 Å². The molecule has 6 nitrogen and oxygen atoms in total. The van der Waals surface area contributed by atoms with E-state index < -0.39 is 0 Å². The van der Waals surface area contributed by atoms with Gasteiger partial charge in [0.2, 0.25) is 0 Å². The summed E-state index contributed by atoms with van der Waals surface area (Å²) in [5.74, 6) is 1.80. The van der Waals surface area contributed by atoms with Crippen molar-refractivity contribution in [2.75, 3.05) is 6.54 Å². The lowest BCUT2D eigenvalue weighted by molar-refractivity contribution is 0.506. The highest BCUT2D eigenvalue weighted by atomic mass is 127. The topological polar surface area (TPSA) is 67.4 Å². The molecule has 128 valence electrons. The van der Waals surface area contributed by atoms with Gasteiger partial charge in [-0.3, -0.25) is 4.68 Å². The molecule has 2 N–H and O–H groups in total. The van der Waals surface area contributed by atoms with Gasteiger partial charge in [0.05, 0.1) is 18.5 Å². The van der Waals surface area contributed by atoms with Crippen LogP contribution in [0, 0.1) is 0 Å². The molecule has 23 heavy (non-hydrogen) atoms. The van der Waals surface area contributed by atoms with Crippen molar-refractivity contribution in [2.24, 2.45) is 12.0 Å². The molecule has 0 aromatic carbocycles. The van der Waals surface area contributed by atoms with Crippen LogP contribution in [0.4, 0.5) is 0 Å². The number of nitrogens with zero attached hydrogens (tertiary/aromatic N) is 3. The molecule has 1 atom stereocenters. The molecular weight excluding hydrogens is 405 g/mol. The highest BCUT2D eigenvalue weighted by Gasteiger charge is 2.05. The molecule has 0 aliphatic rings. The molecule has 2 aromatic heterocycles. The Labute approximate surface area is 154 Å². The molecule has 0 spiro atoms. The van der Waals surface area contributed by atoms with E-state index in [-0.39, 0.29) is 24.0 Å². The van der Waals surface area contributed by atoms with Crippen LogP contribution in [0.15, 0.2) is 40.1 Å². The van der Waals surface area contributed by atoms with E-state index in [2.05, 4.69) is 34.6 Å². The lowest BCUT2D eigenvalue weighted by Gasteiger charge is -2.16. The number of hydrogen-bond donors (Lipinski definition) is 2. The van der Waals surface area contributed by atoms with Crippen molar-refractivity contribution in [3.05, 3.63) is 42.1 Å². The fourth-order valence-corrected chi connectivity index (χ4v) is 1.96. The van der Waals surface area contributed by atoms with Gasteiger partial charge in [0.15, 0.2) is 5.96 Å². The predicted octanol–water partition coefficient (Wildman–Crippen LogP) is 2.71. The normalized spacial score (nSPS) is 12.6. The van der Waals surface area contributed by atoms with E-state index in [9.17, 15) is 0 Å². The summed E-state index contributed by atoms with van der Waals surface area (Å²) < 4.78 is 7.18. The number of aromatic nitrogens is 2. The first-order valence-corrected chi connectivity index (χ1v) is 7.73. The Morgan fingerprint density at radius 2 is 2.26 bits per heavy atom. The number of furan rings is 1. The summed E-state index contributed by atoms with van der Waals surface area (Å²) in [5.41, 5.74) is 1.08. The summed E-state index contributed by atoms with van der Waals surface area (Å²) >= 11 is 0. The molecule has 2 heterocycles. The minimum atomic E-state index is 0. The Hall–Kier alpha value is -1.51. The van der Waals surface area contributed by atoms with Gasteiger partial charge in [-0.2, -0.15) is 5.10 Å². The van der Waals surface area contributed by atoms with Crippen molar-refractivity contribution in [2.45, 2.75) is 39.3 Å². The molecule has 0 radical (unpaired) electrons. The predicted molar refractivity (Wildman–Crippen MR) is 103 cm³/mol. The van der Waals surface area contributed by atoms with E-state index in [1.54, 1.807) is 12.5 Å². The lowest BCUT2D eigenvalue weighted by atomic mass is 10.3. The zero-order valence-corrected chi connectivity index (χ0v) is 16.3. The second-order valence-corrected chi connectivity index (χ2v) is 5.32. The van der Waals surface area contributed by atoms with E-state index in [1.165, 1.54) is 0 Å². The van der Waals surface area contributed by atoms with Gasteiger partial charge in [-0.1, -0.05) is 6.92 Å². The van der Waals surface area contributed by atoms with E-state index in [0.29, 0.717) is 12.6 Å². The van der Waals surface area contributed by atoms with Crippen LogP contribution in [-0.2, 0) is 20.0 Å². The molecule has 2 aromatic rings. The van der Waals surface area contributed by atoms with Crippen molar-refractivity contribution in [1.82, 2.24) is 20.4 Å². The summed E-state index contributed by atoms with van der Waals surface area (Å²) in [7, 11) is 1.93. The van der Waals surface area contributed by atoms with Gasteiger partial charge in [-0.25, -0.2) is 4.99 Å². The van der Waals surface area contributed by atoms with E-state index in [4.69, 9.17) is 4.42 Å². The summed E-state index contributed by atoms with van der Waals surface area (Å²) in [6, 6.07) is 6.24. The number of nitrogens with one attached hydrogen (secondary N) is 2. The molecule has 0 aliphatic carbocycles. The Bertz CT molecular complexity index is 579. The third-order valence-electron chi connectivity index (χ3n) is 3.56. The van der Waals surface area contributed by atoms with Gasteiger partial charge >= 0.3 is 0 Å². The molecule has 0 amide bonds. The number of aryl methyl sites for hydroxylation is 1. The Morgan fingerprint density at radius 1 is 1.43 bits per heavy atom. The summed E-state index contributed by atoms with van der Waals surface area (Å²) in [6.45, 7) is 5.68. The average Bonchev–Trinajstić information content (AvgIpc) is 3.16. The quantitative estimate of drug-likeness (QED) is 0.402. The second-order valence-electron chi connectivity index (χ2n) is 5.32. The number of hydrogen-bond acceptors (Lipinski definition) is 3. The molecule has 0 saturated carbocycles. The van der Waals surface area contributed by atoms with Gasteiger partial charge in [0, 0.05) is 32.3 Å². The Morgan fingerprint density at radius 3 is 2.87 bits per heavy atom. The zero-order valence-electron chi connectivity index (χ0n) is 14.0. The first-order valence-electron chi connectivity index (χ1n) is 7.73. The maximum Gasteiger partial charge on any atom is 0.191 e. The number of halogens is 1. The van der Waals surface area contributed by atoms with E-state index >= 15 is 0 Å². The van der Waals surface area contributed by atoms with Crippen molar-refractivity contribution >= 4 is 29.9 Å². The molecular formula is C16H26IN5O. The molecule has 0 aliphatic heterocycles. The van der Waals surface area contributed by atoms with Crippen LogP contribution in [0.25, 0.3) is 0 Å². The van der Waals surface area contributed by atoms with Gasteiger partial charge in [0.25, 0.3) is 0 Å². The SMILES string of the molecule is CCC(C)NC(=NCc1ccnn1C)NCCc1ccco1.I. The van der Waals surface area contributed by atoms with Gasteiger partial charge < -0.3 is 15.1 Å². The van der Waals surface area contributed by atoms with Crippen molar-refractivity contribution < 1.29 is 4.42 Å². The highest BCUT2D eigenvalue weighted by Crippen LogP contribution is 2.01. The van der Waals surface area contributed by atoms with Crippen LogP contribution in [0.2, 0.25) is 0 Å². The van der Waals surface area contributed by atoms with Crippen LogP contribution < -0.4 is 10.6 Å². The fraction of sp³-hybridized carbons (Fsp3) is 0.500. The summed E-state index contributed by atoms with van der Waals surface area (Å²) in [4.78, 5) is 4.64. The molecule has 2 rings (SSSR count). The van der Waals surface area contributed by atoms with Crippen LogP contribution >= 0.6 is 24.0 Å². The monoisotopic (exact) mass is 431 g/mol. The molecule has 0 fully saturated rings. The first kappa shape index (κ1) is 19.5. The van der Waals surface area contributed by atoms with Crippen molar-refractivity contribution in [3.63, 3.8) is 0 Å². The molecule has 7 heteroatoms. The fourth-order valence-electron chi connectivity index (χ4n) is 1.96. The Balaban J connectivity index is 0.00000264. The zero-order chi connectivity index (χ0) is 15.8. The van der Waals surface area contributed by atoms with Gasteiger partial charge in [-0.05, 0) is 31.5 Å². The van der Waals surface area contributed by atoms with Crippen LogP contribution in [0.1, 0.15) is 31.7 Å². The molecule has 0 bridgehead atoms. The number of guanidine groups is 1. The first-order chi connectivity index (χ1) is 10.7. The summed E-state index contributed by atoms with van der Waals surface area (Å²) in [6.07, 6.45) is 5.37. The number of rotatable bonds is 7. The third kappa shape index (κ3) is 6.64.